The Morgan fingerprint density at radius 2 is 2.12 bits per heavy atom. The molecule has 0 radical (unpaired) electrons. The zero-order chi connectivity index (χ0) is 18.8. The number of ether oxygens (including phenoxy) is 1. The number of halogens is 1. The number of fused-ring (bicyclic) bond motifs is 1. The number of hydrogen-bond acceptors (Lipinski definition) is 6. The number of nitrogens with two attached hydrogens (primary N) is 1. The first-order chi connectivity index (χ1) is 12.3. The Balaban J connectivity index is 1.76. The van der Waals surface area contributed by atoms with Crippen molar-refractivity contribution in [2.75, 3.05) is 11.9 Å². The number of primary amides is 1. The topological polar surface area (TPSA) is 112 Å². The van der Waals surface area contributed by atoms with E-state index in [1.54, 1.807) is 18.4 Å². The maximum Gasteiger partial charge on any atom is 0.336 e. The Bertz CT molecular complexity index is 1070. The number of anilines is 1. The predicted molar refractivity (Wildman–Crippen MR) is 99.2 cm³/mol. The van der Waals surface area contributed by atoms with Crippen molar-refractivity contribution >= 4 is 50.7 Å². The van der Waals surface area contributed by atoms with Crippen molar-refractivity contribution in [1.29, 1.82) is 0 Å². The minimum absolute atomic E-state index is 0.198. The van der Waals surface area contributed by atoms with Crippen LogP contribution >= 0.6 is 22.9 Å². The van der Waals surface area contributed by atoms with Crippen LogP contribution in [-0.2, 0) is 4.79 Å². The molecule has 0 saturated carbocycles. The Morgan fingerprint density at radius 3 is 2.85 bits per heavy atom. The lowest BCUT2D eigenvalue weighted by molar-refractivity contribution is -0.118. The summed E-state index contributed by atoms with van der Waals surface area (Å²) in [5.74, 6) is -0.924. The Labute approximate surface area is 156 Å². The van der Waals surface area contributed by atoms with E-state index in [2.05, 4.69) is 5.32 Å². The van der Waals surface area contributed by atoms with Gasteiger partial charge in [0, 0.05) is 17.5 Å². The zero-order valence-corrected chi connectivity index (χ0v) is 15.1. The summed E-state index contributed by atoms with van der Waals surface area (Å²) in [4.78, 5) is 34.8. The lowest BCUT2D eigenvalue weighted by atomic mass is 10.1. The molecule has 0 bridgehead atoms. The molecular formula is C17H13ClN2O5S. The largest absolute Gasteiger partial charge is 0.482 e. The monoisotopic (exact) mass is 392 g/mol. The van der Waals surface area contributed by atoms with Crippen LogP contribution in [0.5, 0.6) is 5.75 Å². The van der Waals surface area contributed by atoms with E-state index in [1.807, 2.05) is 0 Å². The zero-order valence-electron chi connectivity index (χ0n) is 13.5. The molecule has 0 atom stereocenters. The fraction of sp³-hybridized carbons (Fsp3) is 0.118. The number of amides is 2. The van der Waals surface area contributed by atoms with Crippen LogP contribution in [0.15, 0.2) is 38.9 Å². The minimum Gasteiger partial charge on any atom is -0.482 e. The van der Waals surface area contributed by atoms with Crippen LogP contribution in [0, 0.1) is 6.92 Å². The summed E-state index contributed by atoms with van der Waals surface area (Å²) in [6, 6.07) is 5.95. The van der Waals surface area contributed by atoms with Crippen LogP contribution in [-0.4, -0.2) is 18.4 Å². The van der Waals surface area contributed by atoms with Crippen molar-refractivity contribution < 1.29 is 18.7 Å². The van der Waals surface area contributed by atoms with Crippen molar-refractivity contribution in [3.8, 4) is 5.75 Å². The molecule has 1 aromatic carbocycles. The molecule has 134 valence electrons. The second-order valence-corrected chi connectivity index (χ2v) is 6.72. The van der Waals surface area contributed by atoms with Gasteiger partial charge in [-0.1, -0.05) is 11.6 Å². The average Bonchev–Trinajstić information content (AvgIpc) is 3.02. The molecule has 0 aliphatic rings. The molecule has 2 heterocycles. The van der Waals surface area contributed by atoms with Crippen LogP contribution < -0.4 is 21.4 Å². The second kappa shape index (κ2) is 7.19. The quantitative estimate of drug-likeness (QED) is 0.648. The molecular weight excluding hydrogens is 380 g/mol. The lowest BCUT2D eigenvalue weighted by Crippen LogP contribution is -2.21. The van der Waals surface area contributed by atoms with Crippen LogP contribution in [0.3, 0.4) is 0 Å². The average molecular weight is 393 g/mol. The number of carbonyl (C=O) groups excluding carboxylic acids is 2. The van der Waals surface area contributed by atoms with Gasteiger partial charge in [-0.15, -0.1) is 11.3 Å². The van der Waals surface area contributed by atoms with E-state index in [0.29, 0.717) is 16.0 Å². The Kier molecular flexibility index (Phi) is 4.97. The van der Waals surface area contributed by atoms with E-state index in [4.69, 9.17) is 26.5 Å². The predicted octanol–water partition coefficient (Wildman–Crippen LogP) is 2.93. The minimum atomic E-state index is -0.634. The van der Waals surface area contributed by atoms with E-state index in [-0.39, 0.29) is 22.9 Å². The molecule has 26 heavy (non-hydrogen) atoms. The third kappa shape index (κ3) is 3.71. The van der Waals surface area contributed by atoms with E-state index in [9.17, 15) is 14.4 Å². The highest BCUT2D eigenvalue weighted by Crippen LogP contribution is 2.31. The molecule has 0 aliphatic carbocycles. The number of carbonyl (C=O) groups is 2. The van der Waals surface area contributed by atoms with Crippen molar-refractivity contribution in [3.63, 3.8) is 0 Å². The first-order valence-corrected chi connectivity index (χ1v) is 8.65. The molecule has 3 aromatic rings. The first kappa shape index (κ1) is 18.0. The van der Waals surface area contributed by atoms with Gasteiger partial charge in [0.25, 0.3) is 11.8 Å². The summed E-state index contributed by atoms with van der Waals surface area (Å²) in [5, 5.41) is 5.49. The second-order valence-electron chi connectivity index (χ2n) is 5.39. The van der Waals surface area contributed by atoms with Crippen molar-refractivity contribution in [2.45, 2.75) is 6.92 Å². The fourth-order valence-corrected chi connectivity index (χ4v) is 3.36. The molecule has 0 saturated heterocycles. The maximum atomic E-state index is 12.0. The van der Waals surface area contributed by atoms with Gasteiger partial charge in [0.05, 0.1) is 10.6 Å². The molecule has 0 fully saturated rings. The van der Waals surface area contributed by atoms with Crippen molar-refractivity contribution in [2.24, 2.45) is 5.73 Å². The van der Waals surface area contributed by atoms with Crippen LogP contribution in [0.4, 0.5) is 5.00 Å². The fourth-order valence-electron chi connectivity index (χ4n) is 2.34. The number of nitrogens with one attached hydrogen (secondary N) is 1. The molecule has 0 spiro atoms. The highest BCUT2D eigenvalue weighted by molar-refractivity contribution is 7.14. The smallest absolute Gasteiger partial charge is 0.336 e. The summed E-state index contributed by atoms with van der Waals surface area (Å²) >= 11 is 7.34. The summed E-state index contributed by atoms with van der Waals surface area (Å²) in [5.41, 5.74) is 6.00. The number of rotatable bonds is 5. The Hall–Kier alpha value is -2.84. The van der Waals surface area contributed by atoms with Gasteiger partial charge < -0.3 is 20.2 Å². The van der Waals surface area contributed by atoms with Gasteiger partial charge in [-0.25, -0.2) is 4.79 Å². The number of aryl methyl sites for hydroxylation is 1. The molecule has 0 unspecified atom stereocenters. The van der Waals surface area contributed by atoms with Crippen molar-refractivity contribution in [3.05, 3.63) is 56.2 Å². The molecule has 2 amide bonds. The number of thiophene rings is 1. The molecule has 3 N–H and O–H groups in total. The SMILES string of the molecule is Cc1cc(=O)oc2cc(OCC(=O)Nc3sccc3C(N)=O)c(Cl)cc12. The summed E-state index contributed by atoms with van der Waals surface area (Å²) in [7, 11) is 0. The van der Waals surface area contributed by atoms with Crippen LogP contribution in [0.2, 0.25) is 5.02 Å². The summed E-state index contributed by atoms with van der Waals surface area (Å²) in [6.45, 7) is 1.41. The van der Waals surface area contributed by atoms with Crippen LogP contribution in [0.1, 0.15) is 15.9 Å². The summed E-state index contributed by atoms with van der Waals surface area (Å²) < 4.78 is 10.5. The normalized spacial score (nSPS) is 10.7. The molecule has 9 heteroatoms. The van der Waals surface area contributed by atoms with Gasteiger partial charge in [-0.3, -0.25) is 9.59 Å². The molecule has 3 rings (SSSR count). The van der Waals surface area contributed by atoms with E-state index in [0.717, 1.165) is 5.56 Å². The van der Waals surface area contributed by atoms with Gasteiger partial charge in [0.2, 0.25) is 0 Å². The Morgan fingerprint density at radius 1 is 1.35 bits per heavy atom. The van der Waals surface area contributed by atoms with E-state index >= 15 is 0 Å². The number of benzene rings is 1. The van der Waals surface area contributed by atoms with Gasteiger partial charge in [-0.2, -0.15) is 0 Å². The third-order valence-corrected chi connectivity index (χ3v) is 4.67. The van der Waals surface area contributed by atoms with Crippen molar-refractivity contribution in [1.82, 2.24) is 0 Å². The standard InChI is InChI=1S/C17H13ClN2O5S/c1-8-4-15(22)25-12-6-13(11(18)5-10(8)12)24-7-14(21)20-17-9(16(19)23)2-3-26-17/h2-6H,7H2,1H3,(H2,19,23)(H,20,21). The summed E-state index contributed by atoms with van der Waals surface area (Å²) in [6.07, 6.45) is 0. The molecule has 2 aromatic heterocycles. The van der Waals surface area contributed by atoms with Gasteiger partial charge in [-0.05, 0) is 30.0 Å². The van der Waals surface area contributed by atoms with Gasteiger partial charge in [0.1, 0.15) is 16.3 Å². The molecule has 7 nitrogen and oxygen atoms in total. The maximum absolute atomic E-state index is 12.0. The number of hydrogen-bond donors (Lipinski definition) is 2. The lowest BCUT2D eigenvalue weighted by Gasteiger charge is -2.10. The highest BCUT2D eigenvalue weighted by atomic mass is 35.5. The highest BCUT2D eigenvalue weighted by Gasteiger charge is 2.14. The van der Waals surface area contributed by atoms with Gasteiger partial charge >= 0.3 is 5.63 Å². The van der Waals surface area contributed by atoms with Gasteiger partial charge in [0.15, 0.2) is 6.61 Å². The first-order valence-electron chi connectivity index (χ1n) is 7.39. The molecule has 0 aliphatic heterocycles. The van der Waals surface area contributed by atoms with Crippen LogP contribution in [0.25, 0.3) is 11.0 Å². The third-order valence-electron chi connectivity index (χ3n) is 3.55. The van der Waals surface area contributed by atoms with E-state index in [1.165, 1.54) is 29.5 Å². The van der Waals surface area contributed by atoms with E-state index < -0.39 is 17.4 Å².